The minimum Gasteiger partial charge on any atom is -0.330 e. The Morgan fingerprint density at radius 1 is 1.08 bits per heavy atom. The summed E-state index contributed by atoms with van der Waals surface area (Å²) in [6, 6.07) is 7.89. The zero-order valence-corrected chi connectivity index (χ0v) is 23.8. The van der Waals surface area contributed by atoms with Crippen LogP contribution in [0.2, 0.25) is 0 Å². The van der Waals surface area contributed by atoms with Gasteiger partial charge in [-0.1, -0.05) is 29.0 Å². The number of nitrogens with one attached hydrogen (secondary N) is 1. The zero-order valence-electron chi connectivity index (χ0n) is 23.0. The van der Waals surface area contributed by atoms with Gasteiger partial charge >= 0.3 is 0 Å². The number of likely N-dealkylation sites (tertiary alicyclic amines) is 1. The first-order chi connectivity index (χ1) is 18.1. The summed E-state index contributed by atoms with van der Waals surface area (Å²) in [4.78, 5) is 38.8. The molecule has 10 heteroatoms. The lowest BCUT2D eigenvalue weighted by Crippen LogP contribution is -2.50. The van der Waals surface area contributed by atoms with Crippen molar-refractivity contribution in [2.45, 2.75) is 64.1 Å². The first-order valence-corrected chi connectivity index (χ1v) is 14.4. The number of amides is 2. The van der Waals surface area contributed by atoms with E-state index in [4.69, 9.17) is 10.1 Å². The van der Waals surface area contributed by atoms with Gasteiger partial charge in [0.15, 0.2) is 16.5 Å². The third-order valence-corrected chi connectivity index (χ3v) is 9.32. The molecule has 2 aromatic heterocycles. The first kappa shape index (κ1) is 25.5. The smallest absolute Gasteiger partial charge is 0.276 e. The highest BCUT2D eigenvalue weighted by Crippen LogP contribution is 2.53. The fourth-order valence-corrected chi connectivity index (χ4v) is 7.03. The maximum atomic E-state index is 14.1. The zero-order chi connectivity index (χ0) is 26.8. The monoisotopic (exact) mass is 535 g/mol. The lowest BCUT2D eigenvalue weighted by molar-refractivity contribution is 0.0648. The largest absolute Gasteiger partial charge is 0.330 e. The van der Waals surface area contributed by atoms with E-state index in [9.17, 15) is 9.59 Å². The van der Waals surface area contributed by atoms with Crippen LogP contribution in [-0.2, 0) is 5.54 Å². The Morgan fingerprint density at radius 3 is 2.47 bits per heavy atom. The Kier molecular flexibility index (Phi) is 6.12. The molecular formula is C28H37N7O2S. The number of anilines is 1. The predicted octanol–water partition coefficient (Wildman–Crippen LogP) is 3.80. The summed E-state index contributed by atoms with van der Waals surface area (Å²) in [5, 5.41) is 8.26. The van der Waals surface area contributed by atoms with Crippen LogP contribution < -0.4 is 5.32 Å². The lowest BCUT2D eigenvalue weighted by Gasteiger charge is -2.35. The van der Waals surface area contributed by atoms with Gasteiger partial charge in [-0.2, -0.15) is 10.1 Å². The van der Waals surface area contributed by atoms with Gasteiger partial charge in [-0.05, 0) is 66.1 Å². The number of fused-ring (bicyclic) bond motifs is 1. The van der Waals surface area contributed by atoms with Crippen LogP contribution in [-0.4, -0.2) is 92.6 Å². The number of aromatic nitrogens is 3. The average Bonchev–Trinajstić information content (AvgIpc) is 3.12. The summed E-state index contributed by atoms with van der Waals surface area (Å²) in [5.74, 6) is -0.219. The Hall–Kier alpha value is -2.82. The number of hydrogen-bond donors (Lipinski definition) is 1. The van der Waals surface area contributed by atoms with Gasteiger partial charge in [0.2, 0.25) is 0 Å². The van der Waals surface area contributed by atoms with Crippen LogP contribution in [0.4, 0.5) is 5.13 Å². The highest BCUT2D eigenvalue weighted by Gasteiger charge is 2.64. The van der Waals surface area contributed by atoms with Crippen LogP contribution in [0, 0.1) is 6.92 Å². The Labute approximate surface area is 227 Å². The molecule has 2 saturated heterocycles. The molecule has 0 bridgehead atoms. The highest BCUT2D eigenvalue weighted by atomic mass is 32.1. The highest BCUT2D eigenvalue weighted by molar-refractivity contribution is 7.22. The number of thiazole rings is 1. The van der Waals surface area contributed by atoms with Crippen molar-refractivity contribution in [1.29, 1.82) is 0 Å². The molecule has 6 rings (SSSR count). The van der Waals surface area contributed by atoms with E-state index in [0.717, 1.165) is 62.2 Å². The molecular weight excluding hydrogens is 498 g/mol. The van der Waals surface area contributed by atoms with Crippen LogP contribution in [0.3, 0.4) is 0 Å². The molecule has 3 aliphatic rings. The molecule has 1 aromatic carbocycles. The van der Waals surface area contributed by atoms with E-state index in [1.165, 1.54) is 11.3 Å². The van der Waals surface area contributed by atoms with Crippen LogP contribution >= 0.6 is 11.3 Å². The molecule has 4 heterocycles. The molecule has 1 aliphatic carbocycles. The van der Waals surface area contributed by atoms with E-state index in [1.54, 1.807) is 0 Å². The summed E-state index contributed by atoms with van der Waals surface area (Å²) < 4.78 is 2.57. The standard InChI is InChI=1S/C28H37N7O2S/c1-18-7-9-19(10-8-18)24(36)30-26-29-23-22(38-26)21(31-35(23)27(2,3)4)25(37)34-12-6-11-28(34)17-20(28)33-15-13-32(5)14-16-33/h7-10,20H,6,11-17H2,1-5H3,(H,29,30,36). The number of benzene rings is 1. The molecule has 3 fully saturated rings. The number of likely N-dealkylation sites (N-methyl/N-ethyl adjacent to an activating group) is 1. The second kappa shape index (κ2) is 9.14. The second-order valence-electron chi connectivity index (χ2n) is 12.1. The average molecular weight is 536 g/mol. The SMILES string of the molecule is Cc1ccc(C(=O)Nc2nc3c(s2)c(C(=O)N2CCCC24CC4N2CCN(C)CC2)nn3C(C)(C)C)cc1. The molecule has 9 nitrogen and oxygen atoms in total. The number of hydrogen-bond acceptors (Lipinski definition) is 7. The number of aryl methyl sites for hydroxylation is 1. The predicted molar refractivity (Wildman–Crippen MR) is 150 cm³/mol. The number of carbonyl (C=O) groups excluding carboxylic acids is 2. The molecule has 38 heavy (non-hydrogen) atoms. The van der Waals surface area contributed by atoms with Gasteiger partial charge in [0.1, 0.15) is 4.70 Å². The van der Waals surface area contributed by atoms with Crippen molar-refractivity contribution in [3.63, 3.8) is 0 Å². The maximum Gasteiger partial charge on any atom is 0.276 e. The number of carbonyl (C=O) groups is 2. The van der Waals surface area contributed by atoms with E-state index in [-0.39, 0.29) is 22.9 Å². The number of piperazine rings is 1. The van der Waals surface area contributed by atoms with Gasteiger partial charge in [-0.15, -0.1) is 0 Å². The molecule has 1 saturated carbocycles. The molecule has 2 amide bonds. The second-order valence-corrected chi connectivity index (χ2v) is 13.1. The molecule has 202 valence electrons. The minimum atomic E-state index is -0.367. The maximum absolute atomic E-state index is 14.1. The Bertz CT molecular complexity index is 1380. The lowest BCUT2D eigenvalue weighted by atomic mass is 10.1. The molecule has 0 radical (unpaired) electrons. The van der Waals surface area contributed by atoms with E-state index >= 15 is 0 Å². The van der Waals surface area contributed by atoms with Crippen molar-refractivity contribution in [2.75, 3.05) is 45.1 Å². The minimum absolute atomic E-state index is 0.00723. The van der Waals surface area contributed by atoms with Crippen LogP contribution in [0.15, 0.2) is 24.3 Å². The van der Waals surface area contributed by atoms with E-state index in [1.807, 2.05) is 35.9 Å². The topological polar surface area (TPSA) is 86.6 Å². The quantitative estimate of drug-likeness (QED) is 0.547. The van der Waals surface area contributed by atoms with Gasteiger partial charge in [0.25, 0.3) is 11.8 Å². The van der Waals surface area contributed by atoms with Crippen molar-refractivity contribution in [1.82, 2.24) is 29.5 Å². The molecule has 1 N–H and O–H groups in total. The number of rotatable bonds is 4. The summed E-state index contributed by atoms with van der Waals surface area (Å²) in [7, 11) is 2.18. The van der Waals surface area contributed by atoms with E-state index in [2.05, 4.69) is 47.8 Å². The van der Waals surface area contributed by atoms with Gasteiger partial charge < -0.3 is 9.80 Å². The van der Waals surface area contributed by atoms with Gasteiger partial charge in [-0.3, -0.25) is 19.8 Å². The summed E-state index contributed by atoms with van der Waals surface area (Å²) in [5.41, 5.74) is 2.33. The van der Waals surface area contributed by atoms with Crippen LogP contribution in [0.5, 0.6) is 0 Å². The molecule has 3 aromatic rings. The first-order valence-electron chi connectivity index (χ1n) is 13.6. The van der Waals surface area contributed by atoms with Gasteiger partial charge in [-0.25, -0.2) is 4.68 Å². The Balaban J connectivity index is 1.29. The van der Waals surface area contributed by atoms with Crippen molar-refractivity contribution in [3.8, 4) is 0 Å². The molecule has 1 spiro atoms. The van der Waals surface area contributed by atoms with Crippen molar-refractivity contribution in [2.24, 2.45) is 0 Å². The van der Waals surface area contributed by atoms with Crippen molar-refractivity contribution < 1.29 is 9.59 Å². The summed E-state index contributed by atoms with van der Waals surface area (Å²) in [6.07, 6.45) is 3.13. The fourth-order valence-electron chi connectivity index (χ4n) is 6.11. The normalized spacial score (nSPS) is 24.4. The van der Waals surface area contributed by atoms with Gasteiger partial charge in [0.05, 0.1) is 11.1 Å². The van der Waals surface area contributed by atoms with Crippen molar-refractivity contribution >= 4 is 38.6 Å². The summed E-state index contributed by atoms with van der Waals surface area (Å²) in [6.45, 7) is 13.2. The molecule has 2 unspecified atom stereocenters. The summed E-state index contributed by atoms with van der Waals surface area (Å²) >= 11 is 1.33. The third-order valence-electron chi connectivity index (χ3n) is 8.36. The van der Waals surface area contributed by atoms with Crippen molar-refractivity contribution in [3.05, 3.63) is 41.1 Å². The third kappa shape index (κ3) is 4.32. The van der Waals surface area contributed by atoms with Crippen LogP contribution in [0.25, 0.3) is 10.3 Å². The van der Waals surface area contributed by atoms with Gasteiger partial charge in [0, 0.05) is 44.3 Å². The molecule has 2 atom stereocenters. The van der Waals surface area contributed by atoms with E-state index in [0.29, 0.717) is 28.1 Å². The fraction of sp³-hybridized carbons (Fsp3) is 0.571. The van der Waals surface area contributed by atoms with E-state index < -0.39 is 0 Å². The van der Waals surface area contributed by atoms with Crippen LogP contribution in [0.1, 0.15) is 66.4 Å². The number of nitrogens with zero attached hydrogens (tertiary/aromatic N) is 6. The molecule has 2 aliphatic heterocycles. The Morgan fingerprint density at radius 2 is 1.79 bits per heavy atom.